The summed E-state index contributed by atoms with van der Waals surface area (Å²) in [6.45, 7) is 2.12. The van der Waals surface area contributed by atoms with Crippen LogP contribution in [0.25, 0.3) is 11.1 Å². The molecule has 0 spiro atoms. The van der Waals surface area contributed by atoms with Gasteiger partial charge in [-0.1, -0.05) is 24.3 Å². The number of hydrogen-bond donors (Lipinski definition) is 0. The van der Waals surface area contributed by atoms with E-state index >= 15 is 0 Å². The zero-order valence-corrected chi connectivity index (χ0v) is 17.4. The van der Waals surface area contributed by atoms with Crippen LogP contribution in [0.1, 0.15) is 31.2 Å². The van der Waals surface area contributed by atoms with Crippen LogP contribution >= 0.6 is 0 Å². The number of hydrogen-bond acceptors (Lipinski definition) is 4. The lowest BCUT2D eigenvalue weighted by molar-refractivity contribution is -0.132. The lowest BCUT2D eigenvalue weighted by Gasteiger charge is -2.32. The molecule has 2 heterocycles. The Morgan fingerprint density at radius 2 is 1.83 bits per heavy atom. The van der Waals surface area contributed by atoms with Crippen LogP contribution in [-0.4, -0.2) is 35.6 Å². The minimum Gasteiger partial charge on any atom is -0.497 e. The molecule has 6 heteroatoms. The molecule has 1 fully saturated rings. The number of benzene rings is 2. The highest BCUT2D eigenvalue weighted by Gasteiger charge is 2.22. The largest absolute Gasteiger partial charge is 0.497 e. The van der Waals surface area contributed by atoms with Gasteiger partial charge in [-0.05, 0) is 61.4 Å². The number of rotatable bonds is 7. The lowest BCUT2D eigenvalue weighted by atomic mass is 9.90. The second-order valence-electron chi connectivity index (χ2n) is 7.97. The highest BCUT2D eigenvalue weighted by Crippen LogP contribution is 2.23. The Bertz CT molecular complexity index is 1040. The van der Waals surface area contributed by atoms with Crippen molar-refractivity contribution in [3.05, 3.63) is 64.6 Å². The van der Waals surface area contributed by atoms with Gasteiger partial charge in [-0.15, -0.1) is 0 Å². The van der Waals surface area contributed by atoms with Gasteiger partial charge in [-0.3, -0.25) is 9.36 Å². The van der Waals surface area contributed by atoms with Crippen molar-refractivity contribution in [1.29, 1.82) is 0 Å². The number of amides is 1. The summed E-state index contributed by atoms with van der Waals surface area (Å²) in [4.78, 5) is 26.6. The zero-order chi connectivity index (χ0) is 20.9. The molecule has 0 unspecified atom stereocenters. The highest BCUT2D eigenvalue weighted by molar-refractivity contribution is 5.76. The van der Waals surface area contributed by atoms with E-state index in [1.54, 1.807) is 17.7 Å². The van der Waals surface area contributed by atoms with Crippen LogP contribution in [0.3, 0.4) is 0 Å². The first-order chi connectivity index (χ1) is 14.6. The normalized spacial score (nSPS) is 14.9. The molecule has 158 valence electrons. The van der Waals surface area contributed by atoms with Crippen molar-refractivity contribution >= 4 is 17.0 Å². The van der Waals surface area contributed by atoms with Crippen LogP contribution in [0.4, 0.5) is 0 Å². The number of carbonyl (C=O) groups excluding carboxylic acids is 1. The van der Waals surface area contributed by atoms with Gasteiger partial charge in [0, 0.05) is 26.1 Å². The maximum Gasteiger partial charge on any atom is 0.419 e. The van der Waals surface area contributed by atoms with Crippen LogP contribution in [-0.2, 0) is 17.8 Å². The summed E-state index contributed by atoms with van der Waals surface area (Å²) in [6.07, 6.45) is 4.19. The molecule has 1 aliphatic heterocycles. The monoisotopic (exact) mass is 408 g/mol. The predicted molar refractivity (Wildman–Crippen MR) is 116 cm³/mol. The first-order valence-corrected chi connectivity index (χ1v) is 10.6. The number of nitrogens with zero attached hydrogens (tertiary/aromatic N) is 2. The number of piperidine rings is 1. The van der Waals surface area contributed by atoms with Crippen LogP contribution in [0, 0.1) is 5.92 Å². The van der Waals surface area contributed by atoms with E-state index in [0.717, 1.165) is 43.6 Å². The van der Waals surface area contributed by atoms with Gasteiger partial charge in [-0.2, -0.15) is 0 Å². The van der Waals surface area contributed by atoms with Crippen molar-refractivity contribution in [2.75, 3.05) is 20.2 Å². The predicted octanol–water partition coefficient (Wildman–Crippen LogP) is 3.86. The molecular weight excluding hydrogens is 380 g/mol. The molecule has 0 atom stereocenters. The summed E-state index contributed by atoms with van der Waals surface area (Å²) in [5, 5.41) is 0. The minimum absolute atomic E-state index is 0.179. The molecule has 0 N–H and O–H groups in total. The van der Waals surface area contributed by atoms with Gasteiger partial charge in [0.15, 0.2) is 5.58 Å². The fraction of sp³-hybridized carbons (Fsp3) is 0.417. The number of aromatic nitrogens is 1. The van der Waals surface area contributed by atoms with Gasteiger partial charge in [0.05, 0.1) is 12.6 Å². The number of fused-ring (bicyclic) bond motifs is 1. The Labute approximate surface area is 176 Å². The summed E-state index contributed by atoms with van der Waals surface area (Å²) in [6, 6.07) is 15.6. The van der Waals surface area contributed by atoms with E-state index < -0.39 is 0 Å². The molecule has 0 aliphatic carbocycles. The van der Waals surface area contributed by atoms with Crippen LogP contribution in [0.5, 0.6) is 5.75 Å². The Balaban J connectivity index is 1.23. The third kappa shape index (κ3) is 4.58. The molecule has 1 amide bonds. The highest BCUT2D eigenvalue weighted by atomic mass is 16.5. The maximum atomic E-state index is 12.6. The van der Waals surface area contributed by atoms with Gasteiger partial charge < -0.3 is 14.1 Å². The molecule has 0 radical (unpaired) electrons. The smallest absolute Gasteiger partial charge is 0.419 e. The molecular formula is C24H28N2O4. The van der Waals surface area contributed by atoms with E-state index in [0.29, 0.717) is 30.9 Å². The van der Waals surface area contributed by atoms with E-state index in [4.69, 9.17) is 9.15 Å². The standard InChI is InChI=1S/C24H28N2O4/c1-29-20-10-8-18(9-11-20)17-19-12-15-25(16-13-19)23(27)7-4-14-26-21-5-2-3-6-22(21)30-24(26)28/h2-3,5-6,8-11,19H,4,7,12-17H2,1H3. The Morgan fingerprint density at radius 3 is 2.57 bits per heavy atom. The fourth-order valence-corrected chi connectivity index (χ4v) is 4.25. The SMILES string of the molecule is COc1ccc(CC2CCN(C(=O)CCCn3c(=O)oc4ccccc43)CC2)cc1. The summed E-state index contributed by atoms with van der Waals surface area (Å²) < 4.78 is 12.1. The maximum absolute atomic E-state index is 12.6. The molecule has 3 aromatic rings. The van der Waals surface area contributed by atoms with Gasteiger partial charge in [0.2, 0.25) is 5.91 Å². The van der Waals surface area contributed by atoms with Gasteiger partial charge >= 0.3 is 5.76 Å². The molecule has 6 nitrogen and oxygen atoms in total. The quantitative estimate of drug-likeness (QED) is 0.595. The molecule has 1 saturated heterocycles. The van der Waals surface area contributed by atoms with E-state index in [1.807, 2.05) is 35.2 Å². The van der Waals surface area contributed by atoms with E-state index in [-0.39, 0.29) is 11.7 Å². The van der Waals surface area contributed by atoms with E-state index in [9.17, 15) is 9.59 Å². The van der Waals surface area contributed by atoms with E-state index in [1.165, 1.54) is 5.56 Å². The average molecular weight is 408 g/mol. The summed E-state index contributed by atoms with van der Waals surface area (Å²) in [7, 11) is 1.68. The zero-order valence-electron chi connectivity index (χ0n) is 17.4. The topological polar surface area (TPSA) is 64.7 Å². The number of aryl methyl sites for hydroxylation is 1. The number of oxazole rings is 1. The number of methoxy groups -OCH3 is 1. The van der Waals surface area contributed by atoms with Crippen molar-refractivity contribution in [3.63, 3.8) is 0 Å². The van der Waals surface area contributed by atoms with Gasteiger partial charge in [-0.25, -0.2) is 4.79 Å². The van der Waals surface area contributed by atoms with Crippen molar-refractivity contribution in [3.8, 4) is 5.75 Å². The van der Waals surface area contributed by atoms with Gasteiger partial charge in [0.1, 0.15) is 5.75 Å². The Hall–Kier alpha value is -3.02. The Morgan fingerprint density at radius 1 is 1.10 bits per heavy atom. The first-order valence-electron chi connectivity index (χ1n) is 10.6. The van der Waals surface area contributed by atoms with Crippen molar-refractivity contribution in [1.82, 2.24) is 9.47 Å². The molecule has 1 aromatic heterocycles. The molecule has 4 rings (SSSR count). The third-order valence-corrected chi connectivity index (χ3v) is 6.00. The molecule has 0 bridgehead atoms. The second kappa shape index (κ2) is 9.20. The summed E-state index contributed by atoms with van der Waals surface area (Å²) in [5.74, 6) is 1.31. The number of likely N-dealkylation sites (tertiary alicyclic amines) is 1. The summed E-state index contributed by atoms with van der Waals surface area (Å²) in [5.41, 5.74) is 2.69. The third-order valence-electron chi connectivity index (χ3n) is 6.00. The Kier molecular flexibility index (Phi) is 6.21. The number of carbonyl (C=O) groups is 1. The molecule has 0 saturated carbocycles. The van der Waals surface area contributed by atoms with Crippen LogP contribution < -0.4 is 10.5 Å². The fourth-order valence-electron chi connectivity index (χ4n) is 4.25. The number of ether oxygens (including phenoxy) is 1. The van der Waals surface area contributed by atoms with E-state index in [2.05, 4.69) is 12.1 Å². The average Bonchev–Trinajstić information content (AvgIpc) is 3.10. The van der Waals surface area contributed by atoms with Crippen molar-refractivity contribution in [2.45, 2.75) is 38.6 Å². The lowest BCUT2D eigenvalue weighted by Crippen LogP contribution is -2.38. The molecule has 2 aromatic carbocycles. The second-order valence-corrected chi connectivity index (χ2v) is 7.97. The van der Waals surface area contributed by atoms with Gasteiger partial charge in [0.25, 0.3) is 0 Å². The first kappa shape index (κ1) is 20.3. The van der Waals surface area contributed by atoms with Crippen molar-refractivity contribution < 1.29 is 13.9 Å². The number of para-hydroxylation sites is 2. The summed E-state index contributed by atoms with van der Waals surface area (Å²) >= 11 is 0. The minimum atomic E-state index is -0.358. The van der Waals surface area contributed by atoms with Crippen LogP contribution in [0.2, 0.25) is 0 Å². The molecule has 30 heavy (non-hydrogen) atoms. The van der Waals surface area contributed by atoms with Crippen molar-refractivity contribution in [2.24, 2.45) is 5.92 Å². The molecule has 1 aliphatic rings. The van der Waals surface area contributed by atoms with Crippen LogP contribution in [0.15, 0.2) is 57.7 Å².